The monoisotopic (exact) mass is 443 g/mol. The summed E-state index contributed by atoms with van der Waals surface area (Å²) in [5, 5.41) is 11.6. The van der Waals surface area contributed by atoms with E-state index in [1.165, 1.54) is 0 Å². The van der Waals surface area contributed by atoms with Crippen molar-refractivity contribution in [3.63, 3.8) is 0 Å². The Balaban J connectivity index is 1.84. The number of benzene rings is 2. The lowest BCUT2D eigenvalue weighted by atomic mass is 9.74. The number of carbonyl (C=O) groups excluding carboxylic acids is 1. The van der Waals surface area contributed by atoms with Crippen LogP contribution < -0.4 is 0 Å². The van der Waals surface area contributed by atoms with Crippen LogP contribution in [0.5, 0.6) is 0 Å². The lowest BCUT2D eigenvalue weighted by Crippen LogP contribution is -2.53. The minimum absolute atomic E-state index is 0.0242. The molecule has 1 aliphatic heterocycles. The maximum Gasteiger partial charge on any atom is 0.226 e. The maximum absolute atomic E-state index is 13.7. The van der Waals surface area contributed by atoms with Gasteiger partial charge in [0.15, 0.2) is 0 Å². The first-order valence-corrected chi connectivity index (χ1v) is 11.3. The van der Waals surface area contributed by atoms with E-state index in [0.717, 1.165) is 30.4 Å². The van der Waals surface area contributed by atoms with Crippen molar-refractivity contribution in [1.82, 2.24) is 4.90 Å². The topological polar surface area (TPSA) is 40.5 Å². The van der Waals surface area contributed by atoms with Crippen molar-refractivity contribution in [3.05, 3.63) is 82.4 Å². The summed E-state index contributed by atoms with van der Waals surface area (Å²) in [6, 6.07) is 15.3. The molecule has 5 heteroatoms. The quantitative estimate of drug-likeness (QED) is 0.531. The summed E-state index contributed by atoms with van der Waals surface area (Å²) in [5.41, 5.74) is 2.15. The van der Waals surface area contributed by atoms with Crippen molar-refractivity contribution in [2.45, 2.75) is 43.7 Å². The van der Waals surface area contributed by atoms with Crippen LogP contribution in [0.25, 0.3) is 0 Å². The van der Waals surface area contributed by atoms with Gasteiger partial charge in [-0.1, -0.05) is 53.5 Å². The molecule has 2 aliphatic rings. The van der Waals surface area contributed by atoms with Gasteiger partial charge in [-0.3, -0.25) is 4.79 Å². The zero-order valence-electron chi connectivity index (χ0n) is 16.9. The molecule has 2 fully saturated rings. The van der Waals surface area contributed by atoms with E-state index in [1.807, 2.05) is 53.4 Å². The molecule has 1 aliphatic carbocycles. The van der Waals surface area contributed by atoms with Gasteiger partial charge in [-0.05, 0) is 67.0 Å². The number of allylic oxidation sites excluding steroid dienone is 1. The van der Waals surface area contributed by atoms with Gasteiger partial charge < -0.3 is 10.0 Å². The second-order valence-corrected chi connectivity index (χ2v) is 9.32. The molecule has 0 aromatic heterocycles. The summed E-state index contributed by atoms with van der Waals surface area (Å²) in [5.74, 6) is 0.387. The Kier molecular flexibility index (Phi) is 6.52. The van der Waals surface area contributed by atoms with Crippen molar-refractivity contribution < 1.29 is 9.90 Å². The van der Waals surface area contributed by atoms with E-state index in [4.69, 9.17) is 23.2 Å². The fraction of sp³-hybridized carbons (Fsp3) is 0.400. The lowest BCUT2D eigenvalue weighted by molar-refractivity contribution is -0.148. The number of halogens is 2. The summed E-state index contributed by atoms with van der Waals surface area (Å²) >= 11 is 12.5. The van der Waals surface area contributed by atoms with Crippen LogP contribution in [0.2, 0.25) is 10.0 Å². The highest BCUT2D eigenvalue weighted by Gasteiger charge is 2.48. The van der Waals surface area contributed by atoms with Gasteiger partial charge in [0.1, 0.15) is 0 Å². The summed E-state index contributed by atoms with van der Waals surface area (Å²) in [6.07, 6.45) is 5.27. The summed E-state index contributed by atoms with van der Waals surface area (Å²) in [4.78, 5) is 15.6. The number of rotatable bonds is 7. The zero-order chi connectivity index (χ0) is 21.3. The molecular formula is C25H27Cl2NO2. The summed E-state index contributed by atoms with van der Waals surface area (Å²) < 4.78 is 0. The van der Waals surface area contributed by atoms with Gasteiger partial charge in [-0.15, -0.1) is 6.58 Å². The van der Waals surface area contributed by atoms with Gasteiger partial charge in [0, 0.05) is 21.9 Å². The molecule has 1 saturated carbocycles. The molecule has 1 N–H and O–H groups in total. The van der Waals surface area contributed by atoms with E-state index < -0.39 is 0 Å². The molecule has 30 heavy (non-hydrogen) atoms. The van der Waals surface area contributed by atoms with E-state index >= 15 is 0 Å². The number of carbonyl (C=O) groups is 1. The predicted octanol–water partition coefficient (Wildman–Crippen LogP) is 6.01. The van der Waals surface area contributed by atoms with Crippen molar-refractivity contribution >= 4 is 29.1 Å². The third kappa shape index (κ3) is 4.30. The Morgan fingerprint density at radius 2 is 1.83 bits per heavy atom. The van der Waals surface area contributed by atoms with Gasteiger partial charge in [-0.2, -0.15) is 0 Å². The smallest absolute Gasteiger partial charge is 0.226 e. The SMILES string of the molecule is C=CC[C@H]1C[C@H](c2cccc(Cl)c2)[C@@H](c2ccc(Cl)cc2)N([C@H](CO)C2CC2)C1=O. The molecule has 4 rings (SSSR count). The Bertz CT molecular complexity index is 910. The highest BCUT2D eigenvalue weighted by molar-refractivity contribution is 6.30. The van der Waals surface area contributed by atoms with E-state index in [2.05, 4.69) is 12.6 Å². The van der Waals surface area contributed by atoms with Crippen LogP contribution >= 0.6 is 23.2 Å². The fourth-order valence-electron chi connectivity index (χ4n) is 4.90. The molecule has 158 valence electrons. The van der Waals surface area contributed by atoms with E-state index in [-0.39, 0.29) is 36.4 Å². The van der Waals surface area contributed by atoms with Crippen LogP contribution in [0.4, 0.5) is 0 Å². The van der Waals surface area contributed by atoms with Crippen molar-refractivity contribution in [3.8, 4) is 0 Å². The number of nitrogens with zero attached hydrogens (tertiary/aromatic N) is 1. The number of amides is 1. The van der Waals surface area contributed by atoms with E-state index in [0.29, 0.717) is 22.4 Å². The van der Waals surface area contributed by atoms with Crippen molar-refractivity contribution in [2.75, 3.05) is 6.61 Å². The molecule has 1 amide bonds. The zero-order valence-corrected chi connectivity index (χ0v) is 18.4. The van der Waals surface area contributed by atoms with Crippen LogP contribution in [0.15, 0.2) is 61.2 Å². The fourth-order valence-corrected chi connectivity index (χ4v) is 5.22. The van der Waals surface area contributed by atoms with Crippen LogP contribution in [0.1, 0.15) is 48.8 Å². The maximum atomic E-state index is 13.7. The van der Waals surface area contributed by atoms with Crippen LogP contribution in [0.3, 0.4) is 0 Å². The predicted molar refractivity (Wildman–Crippen MR) is 122 cm³/mol. The van der Waals surface area contributed by atoms with E-state index in [1.54, 1.807) is 0 Å². The Hall–Kier alpha value is -1.81. The molecular weight excluding hydrogens is 417 g/mol. The Labute approximate surface area is 188 Å². The van der Waals surface area contributed by atoms with E-state index in [9.17, 15) is 9.90 Å². The second-order valence-electron chi connectivity index (χ2n) is 8.45. The molecule has 0 spiro atoms. The summed E-state index contributed by atoms with van der Waals surface area (Å²) in [6.45, 7) is 3.85. The van der Waals surface area contributed by atoms with Crippen LogP contribution in [-0.2, 0) is 4.79 Å². The molecule has 0 unspecified atom stereocenters. The summed E-state index contributed by atoms with van der Waals surface area (Å²) in [7, 11) is 0. The average molecular weight is 444 g/mol. The normalized spacial score (nSPS) is 25.2. The molecule has 1 saturated heterocycles. The number of aliphatic hydroxyl groups is 1. The van der Waals surface area contributed by atoms with Crippen molar-refractivity contribution in [1.29, 1.82) is 0 Å². The molecule has 2 aromatic carbocycles. The number of piperidine rings is 1. The minimum Gasteiger partial charge on any atom is -0.394 e. The Morgan fingerprint density at radius 3 is 2.43 bits per heavy atom. The average Bonchev–Trinajstić information content (AvgIpc) is 3.57. The number of hydrogen-bond acceptors (Lipinski definition) is 2. The third-order valence-electron chi connectivity index (χ3n) is 6.47. The number of likely N-dealkylation sites (tertiary alicyclic amines) is 1. The third-order valence-corrected chi connectivity index (χ3v) is 6.96. The molecule has 4 atom stereocenters. The number of aliphatic hydroxyl groups excluding tert-OH is 1. The van der Waals surface area contributed by atoms with Gasteiger partial charge in [0.05, 0.1) is 18.7 Å². The van der Waals surface area contributed by atoms with Crippen LogP contribution in [0, 0.1) is 11.8 Å². The van der Waals surface area contributed by atoms with Gasteiger partial charge in [0.2, 0.25) is 5.91 Å². The number of hydrogen-bond donors (Lipinski definition) is 1. The highest BCUT2D eigenvalue weighted by Crippen LogP contribution is 2.50. The molecule has 0 bridgehead atoms. The first-order valence-electron chi connectivity index (χ1n) is 10.6. The van der Waals surface area contributed by atoms with Crippen molar-refractivity contribution in [2.24, 2.45) is 11.8 Å². The molecule has 1 heterocycles. The van der Waals surface area contributed by atoms with Crippen LogP contribution in [-0.4, -0.2) is 28.6 Å². The Morgan fingerprint density at radius 1 is 1.10 bits per heavy atom. The van der Waals surface area contributed by atoms with Gasteiger partial charge in [-0.25, -0.2) is 0 Å². The molecule has 2 aromatic rings. The largest absolute Gasteiger partial charge is 0.394 e. The highest BCUT2D eigenvalue weighted by atomic mass is 35.5. The van der Waals surface area contributed by atoms with Gasteiger partial charge in [0.25, 0.3) is 0 Å². The standard InChI is InChI=1S/C25H27Cl2NO2/c1-2-4-19-14-22(18-5-3-6-21(27)13-18)24(17-9-11-20(26)12-10-17)28(25(19)30)23(15-29)16-7-8-16/h2-3,5-6,9-13,16,19,22-24,29H,1,4,7-8,14-15H2/t19-,22+,23+,24+/m0/s1. The first-order chi connectivity index (χ1) is 14.5. The molecule has 3 nitrogen and oxygen atoms in total. The second kappa shape index (κ2) is 9.13. The molecule has 0 radical (unpaired) electrons. The first kappa shape index (κ1) is 21.4. The minimum atomic E-state index is -0.174. The lowest BCUT2D eigenvalue weighted by Gasteiger charge is -2.48. The van der Waals surface area contributed by atoms with Gasteiger partial charge >= 0.3 is 0 Å².